The van der Waals surface area contributed by atoms with E-state index in [1.54, 1.807) is 0 Å². The van der Waals surface area contributed by atoms with Crippen molar-refractivity contribution in [2.75, 3.05) is 40.3 Å². The molecule has 1 aromatic rings. The molecule has 0 spiro atoms. The van der Waals surface area contributed by atoms with Crippen LogP contribution < -0.4 is 5.32 Å². The molecule has 0 saturated carbocycles. The Morgan fingerprint density at radius 1 is 1.37 bits per heavy atom. The lowest BCUT2D eigenvalue weighted by molar-refractivity contribution is 0.238. The summed E-state index contributed by atoms with van der Waals surface area (Å²) < 4.78 is 5.81. The van der Waals surface area contributed by atoms with Crippen LogP contribution in [0.25, 0.3) is 0 Å². The zero-order chi connectivity index (χ0) is 13.7. The summed E-state index contributed by atoms with van der Waals surface area (Å²) >= 11 is 0. The van der Waals surface area contributed by atoms with Crippen LogP contribution in [-0.2, 0) is 13.1 Å². The second-order valence-corrected chi connectivity index (χ2v) is 5.61. The van der Waals surface area contributed by atoms with Gasteiger partial charge in [-0.3, -0.25) is 4.90 Å². The average Bonchev–Trinajstić information content (AvgIpc) is 2.98. The van der Waals surface area contributed by atoms with E-state index in [2.05, 4.69) is 28.2 Å². The lowest BCUT2D eigenvalue weighted by atomic mass is 10.2. The lowest BCUT2D eigenvalue weighted by Gasteiger charge is -2.20. The number of nitrogens with one attached hydrogen (secondary N) is 1. The van der Waals surface area contributed by atoms with Gasteiger partial charge in [0.1, 0.15) is 11.5 Å². The van der Waals surface area contributed by atoms with Gasteiger partial charge >= 0.3 is 0 Å². The molecule has 0 unspecified atom stereocenters. The van der Waals surface area contributed by atoms with E-state index in [-0.39, 0.29) is 0 Å². The fourth-order valence-electron chi connectivity index (χ4n) is 2.69. The molecular formula is C15H27N3O. The normalized spacial score (nSPS) is 16.6. The first-order chi connectivity index (χ1) is 9.19. The van der Waals surface area contributed by atoms with Crippen molar-refractivity contribution in [3.8, 4) is 0 Å². The largest absolute Gasteiger partial charge is 0.465 e. The van der Waals surface area contributed by atoms with Crippen molar-refractivity contribution in [1.29, 1.82) is 0 Å². The molecule has 4 nitrogen and oxygen atoms in total. The van der Waals surface area contributed by atoms with Crippen molar-refractivity contribution in [3.05, 3.63) is 23.2 Å². The molecule has 1 fully saturated rings. The van der Waals surface area contributed by atoms with Gasteiger partial charge in [0.2, 0.25) is 0 Å². The summed E-state index contributed by atoms with van der Waals surface area (Å²) in [6, 6.07) is 2.18. The van der Waals surface area contributed by atoms with Gasteiger partial charge in [0, 0.05) is 25.2 Å². The van der Waals surface area contributed by atoms with E-state index in [1.165, 1.54) is 38.0 Å². The molecule has 1 aromatic heterocycles. The average molecular weight is 265 g/mol. The lowest BCUT2D eigenvalue weighted by Crippen LogP contribution is -2.31. The van der Waals surface area contributed by atoms with Crippen LogP contribution in [0, 0.1) is 6.92 Å². The number of likely N-dealkylation sites (tertiary alicyclic amines) is 1. The first kappa shape index (κ1) is 14.6. The predicted molar refractivity (Wildman–Crippen MR) is 78.2 cm³/mol. The van der Waals surface area contributed by atoms with E-state index in [4.69, 9.17) is 4.42 Å². The minimum atomic E-state index is 0.882. The van der Waals surface area contributed by atoms with E-state index in [1.807, 2.05) is 14.0 Å². The molecule has 0 bridgehead atoms. The Bertz CT molecular complexity index is 383. The van der Waals surface area contributed by atoms with E-state index in [0.717, 1.165) is 31.2 Å². The Morgan fingerprint density at radius 2 is 2.11 bits per heavy atom. The molecule has 19 heavy (non-hydrogen) atoms. The van der Waals surface area contributed by atoms with Crippen LogP contribution in [0.1, 0.15) is 29.9 Å². The van der Waals surface area contributed by atoms with Crippen molar-refractivity contribution >= 4 is 0 Å². The van der Waals surface area contributed by atoms with Crippen LogP contribution in [0.2, 0.25) is 0 Å². The summed E-state index contributed by atoms with van der Waals surface area (Å²) in [5, 5.41) is 3.17. The zero-order valence-electron chi connectivity index (χ0n) is 12.5. The van der Waals surface area contributed by atoms with E-state index in [0.29, 0.717) is 0 Å². The molecule has 4 heteroatoms. The minimum Gasteiger partial charge on any atom is -0.465 e. The van der Waals surface area contributed by atoms with E-state index in [9.17, 15) is 0 Å². The molecule has 1 saturated heterocycles. The first-order valence-corrected chi connectivity index (χ1v) is 7.32. The molecule has 2 rings (SSSR count). The van der Waals surface area contributed by atoms with Crippen molar-refractivity contribution in [1.82, 2.24) is 15.1 Å². The topological polar surface area (TPSA) is 31.6 Å². The predicted octanol–water partition coefficient (Wildman–Crippen LogP) is 1.84. The minimum absolute atomic E-state index is 0.882. The molecule has 0 atom stereocenters. The summed E-state index contributed by atoms with van der Waals surface area (Å²) in [6.45, 7) is 8.67. The van der Waals surface area contributed by atoms with Crippen molar-refractivity contribution in [2.24, 2.45) is 0 Å². The maximum atomic E-state index is 5.81. The third kappa shape index (κ3) is 4.34. The van der Waals surface area contributed by atoms with Gasteiger partial charge in [0.15, 0.2) is 0 Å². The van der Waals surface area contributed by atoms with Gasteiger partial charge in [-0.1, -0.05) is 0 Å². The zero-order valence-corrected chi connectivity index (χ0v) is 12.5. The highest BCUT2D eigenvalue weighted by atomic mass is 16.3. The van der Waals surface area contributed by atoms with Crippen LogP contribution in [0.5, 0.6) is 0 Å². The van der Waals surface area contributed by atoms with Gasteiger partial charge in [-0.2, -0.15) is 0 Å². The van der Waals surface area contributed by atoms with Gasteiger partial charge < -0.3 is 14.6 Å². The maximum absolute atomic E-state index is 5.81. The van der Waals surface area contributed by atoms with Crippen molar-refractivity contribution in [2.45, 2.75) is 32.9 Å². The van der Waals surface area contributed by atoms with Crippen molar-refractivity contribution in [3.63, 3.8) is 0 Å². The van der Waals surface area contributed by atoms with Crippen LogP contribution in [-0.4, -0.2) is 50.1 Å². The van der Waals surface area contributed by atoms with Crippen LogP contribution in [0.3, 0.4) is 0 Å². The molecular weight excluding hydrogens is 238 g/mol. The quantitative estimate of drug-likeness (QED) is 0.815. The Hall–Kier alpha value is -0.840. The van der Waals surface area contributed by atoms with E-state index < -0.39 is 0 Å². The summed E-state index contributed by atoms with van der Waals surface area (Å²) in [6.07, 6.45) is 2.74. The van der Waals surface area contributed by atoms with Gasteiger partial charge in [0.25, 0.3) is 0 Å². The Kier molecular flexibility index (Phi) is 5.43. The highest BCUT2D eigenvalue weighted by molar-refractivity contribution is 5.20. The third-order valence-corrected chi connectivity index (χ3v) is 3.86. The second kappa shape index (κ2) is 7.08. The highest BCUT2D eigenvalue weighted by Gasteiger charge is 2.13. The molecule has 0 aromatic carbocycles. The van der Waals surface area contributed by atoms with Crippen LogP contribution in [0.4, 0.5) is 0 Å². The molecule has 1 aliphatic rings. The molecule has 1 aliphatic heterocycles. The summed E-state index contributed by atoms with van der Waals surface area (Å²) in [5.74, 6) is 2.11. The molecule has 108 valence electrons. The standard InChI is InChI=1S/C15H27N3O/c1-13-14(11-16-2)10-15(19-13)12-17(3)8-9-18-6-4-5-7-18/h10,16H,4-9,11-12H2,1-3H3. The molecule has 2 heterocycles. The summed E-state index contributed by atoms with van der Waals surface area (Å²) in [7, 11) is 4.14. The van der Waals surface area contributed by atoms with Crippen molar-refractivity contribution < 1.29 is 4.42 Å². The monoisotopic (exact) mass is 265 g/mol. The molecule has 0 radical (unpaired) electrons. The number of likely N-dealkylation sites (N-methyl/N-ethyl adjacent to an activating group) is 1. The Morgan fingerprint density at radius 3 is 2.79 bits per heavy atom. The summed E-state index contributed by atoms with van der Waals surface area (Å²) in [4.78, 5) is 4.90. The molecule has 0 aliphatic carbocycles. The number of hydrogen-bond donors (Lipinski definition) is 1. The number of nitrogens with zero attached hydrogens (tertiary/aromatic N) is 2. The van der Waals surface area contributed by atoms with Gasteiger partial charge in [-0.15, -0.1) is 0 Å². The van der Waals surface area contributed by atoms with Gasteiger partial charge in [0.05, 0.1) is 6.54 Å². The molecule has 1 N–H and O–H groups in total. The van der Waals surface area contributed by atoms with Gasteiger partial charge in [-0.25, -0.2) is 0 Å². The van der Waals surface area contributed by atoms with E-state index >= 15 is 0 Å². The SMILES string of the molecule is CNCc1cc(CN(C)CCN2CCCC2)oc1C. The second-order valence-electron chi connectivity index (χ2n) is 5.61. The highest BCUT2D eigenvalue weighted by Crippen LogP contribution is 2.16. The number of hydrogen-bond acceptors (Lipinski definition) is 4. The number of aryl methyl sites for hydroxylation is 1. The third-order valence-electron chi connectivity index (χ3n) is 3.86. The first-order valence-electron chi connectivity index (χ1n) is 7.32. The Labute approximate surface area is 116 Å². The number of furan rings is 1. The van der Waals surface area contributed by atoms with Gasteiger partial charge in [-0.05, 0) is 53.0 Å². The Balaban J connectivity index is 1.77. The number of rotatable bonds is 7. The molecule has 0 amide bonds. The summed E-state index contributed by atoms with van der Waals surface area (Å²) in [5.41, 5.74) is 1.27. The fourth-order valence-corrected chi connectivity index (χ4v) is 2.69. The van der Waals surface area contributed by atoms with Crippen LogP contribution in [0.15, 0.2) is 10.5 Å². The van der Waals surface area contributed by atoms with Crippen LogP contribution >= 0.6 is 0 Å². The maximum Gasteiger partial charge on any atom is 0.118 e. The fraction of sp³-hybridized carbons (Fsp3) is 0.733. The smallest absolute Gasteiger partial charge is 0.118 e.